The van der Waals surface area contributed by atoms with Crippen LogP contribution in [0.2, 0.25) is 0 Å². The third kappa shape index (κ3) is 4.90. The molecule has 1 aromatic carbocycles. The molecular formula is C24H30N4O2. The minimum absolute atomic E-state index is 0.206. The number of rotatable bonds is 8. The highest BCUT2D eigenvalue weighted by Crippen LogP contribution is 2.21. The summed E-state index contributed by atoms with van der Waals surface area (Å²) in [4.78, 5) is 9.45. The summed E-state index contributed by atoms with van der Waals surface area (Å²) in [5.74, 6) is 1.83. The van der Waals surface area contributed by atoms with Crippen molar-refractivity contribution in [1.82, 2.24) is 19.4 Å². The fourth-order valence-corrected chi connectivity index (χ4v) is 4.23. The quantitative estimate of drug-likeness (QED) is 0.623. The Balaban J connectivity index is 1.43. The first-order valence-corrected chi connectivity index (χ1v) is 10.5. The molecule has 30 heavy (non-hydrogen) atoms. The molecule has 1 N–H and O–H groups in total. The van der Waals surface area contributed by atoms with Crippen LogP contribution in [0.25, 0.3) is 5.82 Å². The number of piperazine rings is 1. The van der Waals surface area contributed by atoms with E-state index in [1.54, 1.807) is 7.11 Å². The molecule has 1 saturated heterocycles. The van der Waals surface area contributed by atoms with E-state index in [1.807, 2.05) is 36.5 Å². The van der Waals surface area contributed by atoms with E-state index >= 15 is 0 Å². The fraction of sp³-hybridized carbons (Fsp3) is 0.375. The maximum Gasteiger partial charge on any atom is 0.136 e. The molecule has 0 saturated carbocycles. The highest BCUT2D eigenvalue weighted by Gasteiger charge is 2.27. The molecule has 0 radical (unpaired) electrons. The number of nitrogens with zero attached hydrogens (tertiary/aromatic N) is 4. The van der Waals surface area contributed by atoms with Gasteiger partial charge in [-0.2, -0.15) is 0 Å². The van der Waals surface area contributed by atoms with Crippen LogP contribution < -0.4 is 4.74 Å². The average molecular weight is 407 g/mol. The van der Waals surface area contributed by atoms with Gasteiger partial charge < -0.3 is 14.4 Å². The first kappa shape index (κ1) is 20.6. The molecule has 3 aromatic rings. The lowest BCUT2D eigenvalue weighted by Crippen LogP contribution is -2.52. The number of hydrogen-bond acceptors (Lipinski definition) is 5. The Labute approximate surface area is 178 Å². The number of ether oxygens (including phenoxy) is 1. The van der Waals surface area contributed by atoms with E-state index < -0.39 is 0 Å². The van der Waals surface area contributed by atoms with Gasteiger partial charge in [0, 0.05) is 63.5 Å². The minimum atomic E-state index is 0.206. The summed E-state index contributed by atoms with van der Waals surface area (Å²) in [6, 6.07) is 18.8. The lowest BCUT2D eigenvalue weighted by molar-refractivity contribution is 0.0491. The van der Waals surface area contributed by atoms with Crippen molar-refractivity contribution in [3.8, 4) is 11.6 Å². The van der Waals surface area contributed by atoms with Crippen molar-refractivity contribution in [1.29, 1.82) is 0 Å². The van der Waals surface area contributed by atoms with Crippen LogP contribution in [-0.4, -0.2) is 63.9 Å². The third-order valence-corrected chi connectivity index (χ3v) is 5.79. The van der Waals surface area contributed by atoms with E-state index in [0.29, 0.717) is 6.04 Å². The standard InChI is InChI=1S/C24H30N4O2/c1-30-23-8-4-6-20(16-23)17-27-14-13-26(18-21(27)10-15-29)19-22-7-5-12-28(22)24-9-2-3-11-25-24/h2-9,11-12,16,21,29H,10,13-15,17-19H2,1H3/t21-/m0/s1. The van der Waals surface area contributed by atoms with Crippen molar-refractivity contribution < 1.29 is 9.84 Å². The van der Waals surface area contributed by atoms with Crippen molar-refractivity contribution in [2.24, 2.45) is 0 Å². The van der Waals surface area contributed by atoms with Crippen LogP contribution in [0.5, 0.6) is 5.75 Å². The third-order valence-electron chi connectivity index (χ3n) is 5.79. The highest BCUT2D eigenvalue weighted by molar-refractivity contribution is 5.29. The van der Waals surface area contributed by atoms with Crippen LogP contribution in [0.15, 0.2) is 67.0 Å². The Morgan fingerprint density at radius 2 is 2.00 bits per heavy atom. The summed E-state index contributed by atoms with van der Waals surface area (Å²) in [6.07, 6.45) is 4.68. The van der Waals surface area contributed by atoms with Gasteiger partial charge in [-0.25, -0.2) is 4.98 Å². The number of aromatic nitrogens is 2. The minimum Gasteiger partial charge on any atom is -0.497 e. The number of benzene rings is 1. The van der Waals surface area contributed by atoms with Crippen LogP contribution in [0, 0.1) is 0 Å². The number of hydrogen-bond donors (Lipinski definition) is 1. The molecule has 0 spiro atoms. The van der Waals surface area contributed by atoms with E-state index in [4.69, 9.17) is 4.74 Å². The molecule has 6 nitrogen and oxygen atoms in total. The van der Waals surface area contributed by atoms with Gasteiger partial charge in [0.1, 0.15) is 11.6 Å². The van der Waals surface area contributed by atoms with Gasteiger partial charge in [0.15, 0.2) is 0 Å². The fourth-order valence-electron chi connectivity index (χ4n) is 4.23. The zero-order chi connectivity index (χ0) is 20.8. The van der Waals surface area contributed by atoms with Gasteiger partial charge in [0.05, 0.1) is 7.11 Å². The normalized spacial score (nSPS) is 17.9. The Hall–Kier alpha value is -2.67. The largest absolute Gasteiger partial charge is 0.497 e. The molecule has 3 heterocycles. The number of pyridine rings is 1. The lowest BCUT2D eigenvalue weighted by Gasteiger charge is -2.41. The van der Waals surface area contributed by atoms with E-state index in [-0.39, 0.29) is 6.61 Å². The summed E-state index contributed by atoms with van der Waals surface area (Å²) < 4.78 is 7.52. The van der Waals surface area contributed by atoms with Gasteiger partial charge >= 0.3 is 0 Å². The zero-order valence-corrected chi connectivity index (χ0v) is 17.5. The van der Waals surface area contributed by atoms with Gasteiger partial charge in [-0.15, -0.1) is 0 Å². The van der Waals surface area contributed by atoms with Gasteiger partial charge in [0.2, 0.25) is 0 Å². The van der Waals surface area contributed by atoms with Gasteiger partial charge in [0.25, 0.3) is 0 Å². The van der Waals surface area contributed by atoms with Crippen LogP contribution >= 0.6 is 0 Å². The second-order valence-corrected chi connectivity index (χ2v) is 7.78. The number of methoxy groups -OCH3 is 1. The maximum absolute atomic E-state index is 9.64. The van der Waals surface area contributed by atoms with Crippen molar-refractivity contribution in [3.05, 3.63) is 78.2 Å². The number of aliphatic hydroxyl groups excluding tert-OH is 1. The van der Waals surface area contributed by atoms with E-state index in [1.165, 1.54) is 11.3 Å². The van der Waals surface area contributed by atoms with E-state index in [9.17, 15) is 5.11 Å². The van der Waals surface area contributed by atoms with Crippen LogP contribution in [0.4, 0.5) is 0 Å². The average Bonchev–Trinajstić information content (AvgIpc) is 3.24. The molecule has 0 bridgehead atoms. The molecule has 1 aliphatic heterocycles. The maximum atomic E-state index is 9.64. The summed E-state index contributed by atoms with van der Waals surface area (Å²) >= 11 is 0. The van der Waals surface area contributed by atoms with Crippen molar-refractivity contribution in [3.63, 3.8) is 0 Å². The van der Waals surface area contributed by atoms with Crippen molar-refractivity contribution in [2.75, 3.05) is 33.4 Å². The molecule has 0 amide bonds. The molecule has 2 aromatic heterocycles. The molecule has 0 unspecified atom stereocenters. The Morgan fingerprint density at radius 3 is 2.80 bits per heavy atom. The molecule has 4 rings (SSSR count). The topological polar surface area (TPSA) is 53.8 Å². The summed E-state index contributed by atoms with van der Waals surface area (Å²) in [6.45, 7) is 4.87. The van der Waals surface area contributed by atoms with Gasteiger partial charge in [-0.1, -0.05) is 18.2 Å². The second kappa shape index (κ2) is 9.89. The van der Waals surface area contributed by atoms with Crippen LogP contribution in [0.1, 0.15) is 17.7 Å². The smallest absolute Gasteiger partial charge is 0.136 e. The molecule has 6 heteroatoms. The van der Waals surface area contributed by atoms with Crippen molar-refractivity contribution >= 4 is 0 Å². The molecular weight excluding hydrogens is 376 g/mol. The molecule has 1 aliphatic rings. The molecule has 0 aliphatic carbocycles. The monoisotopic (exact) mass is 406 g/mol. The Kier molecular flexibility index (Phi) is 6.79. The zero-order valence-electron chi connectivity index (χ0n) is 17.5. The molecule has 158 valence electrons. The lowest BCUT2D eigenvalue weighted by atomic mass is 10.1. The molecule has 1 atom stereocenters. The summed E-state index contributed by atoms with van der Waals surface area (Å²) in [7, 11) is 1.70. The van der Waals surface area contributed by atoms with Gasteiger partial charge in [-0.3, -0.25) is 9.80 Å². The summed E-state index contributed by atoms with van der Waals surface area (Å²) in [5, 5.41) is 9.64. The van der Waals surface area contributed by atoms with E-state index in [0.717, 1.165) is 50.7 Å². The highest BCUT2D eigenvalue weighted by atomic mass is 16.5. The van der Waals surface area contributed by atoms with Crippen LogP contribution in [-0.2, 0) is 13.1 Å². The second-order valence-electron chi connectivity index (χ2n) is 7.78. The van der Waals surface area contributed by atoms with Crippen molar-refractivity contribution in [2.45, 2.75) is 25.6 Å². The summed E-state index contributed by atoms with van der Waals surface area (Å²) in [5.41, 5.74) is 2.48. The Morgan fingerprint density at radius 1 is 1.07 bits per heavy atom. The Bertz CT molecular complexity index is 928. The van der Waals surface area contributed by atoms with Crippen LogP contribution in [0.3, 0.4) is 0 Å². The predicted molar refractivity (Wildman–Crippen MR) is 118 cm³/mol. The number of aliphatic hydroxyl groups is 1. The molecule has 1 fully saturated rings. The SMILES string of the molecule is COc1cccc(CN2CCN(Cc3cccn3-c3ccccn3)C[C@@H]2CCO)c1. The first-order valence-electron chi connectivity index (χ1n) is 10.5. The van der Waals surface area contributed by atoms with E-state index in [2.05, 4.69) is 49.8 Å². The predicted octanol–water partition coefficient (Wildman–Crippen LogP) is 2.95. The van der Waals surface area contributed by atoms with Gasteiger partial charge in [-0.05, 0) is 48.4 Å². The first-order chi connectivity index (χ1) is 14.8.